The standard InChI is InChI=1S/C15H11ClN4S/c1-8-9(2)14-17-18-15(20(14)19-13(8)16)12-7-10-5-3-4-6-11(10)21-12/h3-7H,1-2H3. The van der Waals surface area contributed by atoms with Crippen LogP contribution >= 0.6 is 22.9 Å². The molecule has 3 aromatic heterocycles. The van der Waals surface area contributed by atoms with E-state index in [0.29, 0.717) is 5.15 Å². The minimum absolute atomic E-state index is 0.488. The summed E-state index contributed by atoms with van der Waals surface area (Å²) in [5.41, 5.74) is 2.71. The molecule has 0 spiro atoms. The second kappa shape index (κ2) is 4.51. The van der Waals surface area contributed by atoms with Crippen LogP contribution in [-0.2, 0) is 0 Å². The van der Waals surface area contributed by atoms with Gasteiger partial charge in [-0.05, 0) is 36.9 Å². The van der Waals surface area contributed by atoms with Gasteiger partial charge < -0.3 is 0 Å². The summed E-state index contributed by atoms with van der Waals surface area (Å²) in [6.07, 6.45) is 0. The predicted octanol–water partition coefficient (Wildman–Crippen LogP) is 4.28. The number of fused-ring (bicyclic) bond motifs is 2. The van der Waals surface area contributed by atoms with Crippen molar-refractivity contribution in [2.45, 2.75) is 13.8 Å². The smallest absolute Gasteiger partial charge is 0.190 e. The predicted molar refractivity (Wildman–Crippen MR) is 86.1 cm³/mol. The topological polar surface area (TPSA) is 43.1 Å². The van der Waals surface area contributed by atoms with Gasteiger partial charge in [-0.15, -0.1) is 21.5 Å². The lowest BCUT2D eigenvalue weighted by Gasteiger charge is -2.04. The van der Waals surface area contributed by atoms with Crippen molar-refractivity contribution in [3.05, 3.63) is 46.6 Å². The molecule has 0 aliphatic rings. The minimum atomic E-state index is 0.488. The zero-order valence-electron chi connectivity index (χ0n) is 11.5. The normalized spacial score (nSPS) is 11.6. The zero-order chi connectivity index (χ0) is 14.6. The van der Waals surface area contributed by atoms with Gasteiger partial charge >= 0.3 is 0 Å². The van der Waals surface area contributed by atoms with E-state index in [2.05, 4.69) is 33.5 Å². The molecule has 0 N–H and O–H groups in total. The highest BCUT2D eigenvalue weighted by Gasteiger charge is 2.16. The first kappa shape index (κ1) is 12.7. The van der Waals surface area contributed by atoms with Crippen molar-refractivity contribution in [1.82, 2.24) is 19.8 Å². The number of benzene rings is 1. The van der Waals surface area contributed by atoms with Crippen LogP contribution in [0.3, 0.4) is 0 Å². The minimum Gasteiger partial charge on any atom is -0.190 e. The highest BCUT2D eigenvalue weighted by atomic mass is 35.5. The molecule has 0 amide bonds. The molecule has 0 radical (unpaired) electrons. The molecule has 0 saturated carbocycles. The van der Waals surface area contributed by atoms with Crippen LogP contribution in [0.15, 0.2) is 30.3 Å². The van der Waals surface area contributed by atoms with Gasteiger partial charge in [0.05, 0.1) is 4.88 Å². The maximum absolute atomic E-state index is 6.20. The molecule has 6 heteroatoms. The first-order valence-electron chi connectivity index (χ1n) is 6.52. The van der Waals surface area contributed by atoms with Crippen LogP contribution in [-0.4, -0.2) is 19.8 Å². The average molecular weight is 315 g/mol. The van der Waals surface area contributed by atoms with Crippen molar-refractivity contribution in [2.24, 2.45) is 0 Å². The summed E-state index contributed by atoms with van der Waals surface area (Å²) in [7, 11) is 0. The largest absolute Gasteiger partial charge is 0.195 e. The van der Waals surface area contributed by atoms with Gasteiger partial charge in [-0.25, -0.2) is 0 Å². The van der Waals surface area contributed by atoms with Crippen molar-refractivity contribution in [2.75, 3.05) is 0 Å². The van der Waals surface area contributed by atoms with Crippen LogP contribution in [0.2, 0.25) is 5.15 Å². The quantitative estimate of drug-likeness (QED) is 0.527. The Morgan fingerprint density at radius 3 is 2.71 bits per heavy atom. The Morgan fingerprint density at radius 1 is 1.10 bits per heavy atom. The van der Waals surface area contributed by atoms with E-state index in [1.807, 2.05) is 26.0 Å². The molecule has 4 nitrogen and oxygen atoms in total. The average Bonchev–Trinajstić information content (AvgIpc) is 3.07. The van der Waals surface area contributed by atoms with Crippen molar-refractivity contribution in [3.8, 4) is 10.7 Å². The fourth-order valence-corrected chi connectivity index (χ4v) is 3.59. The summed E-state index contributed by atoms with van der Waals surface area (Å²) < 4.78 is 2.95. The lowest BCUT2D eigenvalue weighted by atomic mass is 10.2. The van der Waals surface area contributed by atoms with E-state index in [-0.39, 0.29) is 0 Å². The lowest BCUT2D eigenvalue weighted by Crippen LogP contribution is -1.99. The third kappa shape index (κ3) is 1.85. The van der Waals surface area contributed by atoms with Gasteiger partial charge in [-0.1, -0.05) is 29.8 Å². The van der Waals surface area contributed by atoms with E-state index in [9.17, 15) is 0 Å². The molecule has 4 rings (SSSR count). The Bertz CT molecular complexity index is 953. The molecule has 3 heterocycles. The molecular weight excluding hydrogens is 304 g/mol. The van der Waals surface area contributed by atoms with E-state index in [4.69, 9.17) is 11.6 Å². The Hall–Kier alpha value is -1.98. The van der Waals surface area contributed by atoms with Crippen LogP contribution in [0.4, 0.5) is 0 Å². The molecule has 104 valence electrons. The zero-order valence-corrected chi connectivity index (χ0v) is 13.0. The van der Waals surface area contributed by atoms with Crippen LogP contribution in [0.25, 0.3) is 26.4 Å². The van der Waals surface area contributed by atoms with Crippen LogP contribution in [0.1, 0.15) is 11.1 Å². The summed E-state index contributed by atoms with van der Waals surface area (Å²) >= 11 is 7.88. The molecule has 0 bridgehead atoms. The van der Waals surface area contributed by atoms with Gasteiger partial charge in [0.2, 0.25) is 0 Å². The fourth-order valence-electron chi connectivity index (χ4n) is 2.34. The first-order chi connectivity index (χ1) is 10.1. The molecular formula is C15H11ClN4S. The number of rotatable bonds is 1. The van der Waals surface area contributed by atoms with Gasteiger partial charge in [0.1, 0.15) is 0 Å². The third-order valence-electron chi connectivity index (χ3n) is 3.68. The van der Waals surface area contributed by atoms with Crippen molar-refractivity contribution < 1.29 is 0 Å². The SMILES string of the molecule is Cc1c(Cl)nn2c(-c3cc4ccccc4s3)nnc2c1C. The summed E-state index contributed by atoms with van der Waals surface area (Å²) in [4.78, 5) is 1.04. The third-order valence-corrected chi connectivity index (χ3v) is 5.15. The number of hydrogen-bond acceptors (Lipinski definition) is 4. The first-order valence-corrected chi connectivity index (χ1v) is 7.71. The molecule has 0 fully saturated rings. The molecule has 0 aliphatic heterocycles. The highest BCUT2D eigenvalue weighted by molar-refractivity contribution is 7.22. The Morgan fingerprint density at radius 2 is 1.90 bits per heavy atom. The molecule has 0 unspecified atom stereocenters. The second-order valence-electron chi connectivity index (χ2n) is 4.95. The maximum atomic E-state index is 6.20. The van der Waals surface area contributed by atoms with Gasteiger partial charge in [-0.2, -0.15) is 9.61 Å². The Balaban J connectivity index is 2.02. The number of hydrogen-bond donors (Lipinski definition) is 0. The van der Waals surface area contributed by atoms with Crippen molar-refractivity contribution >= 4 is 38.7 Å². The fraction of sp³-hybridized carbons (Fsp3) is 0.133. The van der Waals surface area contributed by atoms with E-state index >= 15 is 0 Å². The summed E-state index contributed by atoms with van der Waals surface area (Å²) in [5, 5.41) is 14.7. The van der Waals surface area contributed by atoms with Gasteiger partial charge in [0, 0.05) is 10.3 Å². The maximum Gasteiger partial charge on any atom is 0.195 e. The summed E-state index contributed by atoms with van der Waals surface area (Å²) in [6.45, 7) is 3.93. The van der Waals surface area contributed by atoms with E-state index in [1.54, 1.807) is 15.9 Å². The number of aromatic nitrogens is 4. The highest BCUT2D eigenvalue weighted by Crippen LogP contribution is 2.33. The van der Waals surface area contributed by atoms with E-state index in [0.717, 1.165) is 27.5 Å². The van der Waals surface area contributed by atoms with Gasteiger partial charge in [-0.3, -0.25) is 0 Å². The number of nitrogens with zero attached hydrogens (tertiary/aromatic N) is 4. The Labute approximate surface area is 130 Å². The lowest BCUT2D eigenvalue weighted by molar-refractivity contribution is 0.921. The number of halogens is 1. The Kier molecular flexibility index (Phi) is 2.74. The number of thiophene rings is 1. The van der Waals surface area contributed by atoms with E-state index < -0.39 is 0 Å². The van der Waals surface area contributed by atoms with Crippen molar-refractivity contribution in [1.29, 1.82) is 0 Å². The summed E-state index contributed by atoms with van der Waals surface area (Å²) in [6, 6.07) is 10.4. The summed E-state index contributed by atoms with van der Waals surface area (Å²) in [5.74, 6) is 0.733. The van der Waals surface area contributed by atoms with Crippen LogP contribution < -0.4 is 0 Å². The molecule has 0 saturated heterocycles. The molecule has 4 aromatic rings. The van der Waals surface area contributed by atoms with Gasteiger partial charge in [0.25, 0.3) is 0 Å². The van der Waals surface area contributed by atoms with Gasteiger partial charge in [0.15, 0.2) is 16.6 Å². The molecule has 0 atom stereocenters. The second-order valence-corrected chi connectivity index (χ2v) is 6.39. The van der Waals surface area contributed by atoms with Crippen LogP contribution in [0, 0.1) is 13.8 Å². The molecule has 0 aliphatic carbocycles. The monoisotopic (exact) mass is 314 g/mol. The van der Waals surface area contributed by atoms with Crippen LogP contribution in [0.5, 0.6) is 0 Å². The number of aryl methyl sites for hydroxylation is 1. The van der Waals surface area contributed by atoms with E-state index in [1.165, 1.54) is 10.1 Å². The van der Waals surface area contributed by atoms with Crippen molar-refractivity contribution in [3.63, 3.8) is 0 Å². The molecule has 1 aromatic carbocycles. The molecule has 21 heavy (non-hydrogen) atoms.